The molecular formula is C17H30O3Si. The van der Waals surface area contributed by atoms with E-state index >= 15 is 0 Å². The molecule has 0 aliphatic heterocycles. The van der Waals surface area contributed by atoms with Crippen LogP contribution in [0.25, 0.3) is 0 Å². The normalized spacial score (nSPS) is 13.3. The van der Waals surface area contributed by atoms with E-state index in [1.165, 1.54) is 0 Å². The highest BCUT2D eigenvalue weighted by atomic mass is 28.4. The van der Waals surface area contributed by atoms with Gasteiger partial charge in [0.15, 0.2) is 8.32 Å². The lowest BCUT2D eigenvalue weighted by Crippen LogP contribution is -2.41. The van der Waals surface area contributed by atoms with E-state index < -0.39 is 13.9 Å². The van der Waals surface area contributed by atoms with Gasteiger partial charge in [-0.1, -0.05) is 39.0 Å². The maximum Gasteiger partial charge on any atom is 0.192 e. The Morgan fingerprint density at radius 1 is 1.00 bits per heavy atom. The maximum absolute atomic E-state index is 10.2. The van der Waals surface area contributed by atoms with Gasteiger partial charge in [0, 0.05) is 5.56 Å². The van der Waals surface area contributed by atoms with Gasteiger partial charge in [-0.3, -0.25) is 0 Å². The fourth-order valence-electron chi connectivity index (χ4n) is 1.76. The number of rotatable bonds is 6. The Morgan fingerprint density at radius 2 is 1.57 bits per heavy atom. The van der Waals surface area contributed by atoms with Crippen molar-refractivity contribution in [1.29, 1.82) is 0 Å². The number of ether oxygens (including phenoxy) is 1. The first-order valence-electron chi connectivity index (χ1n) is 7.54. The van der Waals surface area contributed by atoms with E-state index in [1.54, 1.807) is 13.8 Å². The molecule has 0 bridgehead atoms. The molecule has 1 N–H and O–H groups in total. The molecule has 0 unspecified atom stereocenters. The van der Waals surface area contributed by atoms with Crippen molar-refractivity contribution in [3.8, 4) is 5.75 Å². The summed E-state index contributed by atoms with van der Waals surface area (Å²) in [6, 6.07) is 7.61. The Morgan fingerprint density at radius 3 is 2.10 bits per heavy atom. The highest BCUT2D eigenvalue weighted by molar-refractivity contribution is 6.74. The van der Waals surface area contributed by atoms with Crippen molar-refractivity contribution in [3.05, 3.63) is 29.8 Å². The quantitative estimate of drug-likeness (QED) is 0.628. The van der Waals surface area contributed by atoms with Crippen molar-refractivity contribution in [1.82, 2.24) is 0 Å². The van der Waals surface area contributed by atoms with Gasteiger partial charge in [-0.15, -0.1) is 0 Å². The predicted molar refractivity (Wildman–Crippen MR) is 90.3 cm³/mol. The Bertz CT molecular complexity index is 456. The minimum atomic E-state index is -1.72. The minimum Gasteiger partial charge on any atom is -0.491 e. The highest BCUT2D eigenvalue weighted by Gasteiger charge is 2.36. The average molecular weight is 311 g/mol. The summed E-state index contributed by atoms with van der Waals surface area (Å²) in [6.07, 6.45) is 0. The van der Waals surface area contributed by atoms with Crippen LogP contribution in [0, 0.1) is 0 Å². The third kappa shape index (κ3) is 5.13. The molecule has 0 fully saturated rings. The molecule has 0 radical (unpaired) electrons. The first kappa shape index (κ1) is 18.2. The van der Waals surface area contributed by atoms with Crippen molar-refractivity contribution in [3.63, 3.8) is 0 Å². The molecule has 0 aromatic heterocycles. The van der Waals surface area contributed by atoms with Crippen molar-refractivity contribution < 1.29 is 14.3 Å². The van der Waals surface area contributed by atoms with Crippen LogP contribution in [0.4, 0.5) is 0 Å². The maximum atomic E-state index is 10.2. The third-order valence-corrected chi connectivity index (χ3v) is 8.69. The van der Waals surface area contributed by atoms with E-state index in [1.807, 2.05) is 24.3 Å². The molecule has 120 valence electrons. The molecule has 0 saturated heterocycles. The zero-order valence-electron chi connectivity index (χ0n) is 14.5. The topological polar surface area (TPSA) is 38.7 Å². The van der Waals surface area contributed by atoms with Gasteiger partial charge in [0.05, 0.1) is 12.2 Å². The summed E-state index contributed by atoms with van der Waals surface area (Å²) in [5.74, 6) is 0.726. The van der Waals surface area contributed by atoms with Gasteiger partial charge in [0.25, 0.3) is 0 Å². The van der Waals surface area contributed by atoms with Gasteiger partial charge in [-0.25, -0.2) is 0 Å². The first-order chi connectivity index (χ1) is 9.45. The molecule has 1 aromatic rings. The monoisotopic (exact) mass is 310 g/mol. The molecule has 0 aliphatic rings. The summed E-state index contributed by atoms with van der Waals surface area (Å²) in [4.78, 5) is 0. The second-order valence-corrected chi connectivity index (χ2v) is 12.3. The van der Waals surface area contributed by atoms with Gasteiger partial charge < -0.3 is 14.3 Å². The van der Waals surface area contributed by atoms with Crippen LogP contribution in [-0.4, -0.2) is 26.6 Å². The van der Waals surface area contributed by atoms with E-state index in [4.69, 9.17) is 9.16 Å². The van der Waals surface area contributed by atoms with Gasteiger partial charge in [-0.2, -0.15) is 0 Å². The molecule has 0 heterocycles. The molecular weight excluding hydrogens is 280 g/mol. The number of aliphatic hydroxyl groups is 1. The Kier molecular flexibility index (Phi) is 5.64. The van der Waals surface area contributed by atoms with Crippen LogP contribution >= 0.6 is 0 Å². The number of para-hydroxylation sites is 1. The number of hydrogen-bond acceptors (Lipinski definition) is 3. The second kappa shape index (κ2) is 6.51. The fraction of sp³-hybridized carbons (Fsp3) is 0.647. The Labute approximate surface area is 130 Å². The number of benzene rings is 1. The Hall–Kier alpha value is -0.843. The summed E-state index contributed by atoms with van der Waals surface area (Å²) in [7, 11) is -1.72. The summed E-state index contributed by atoms with van der Waals surface area (Å²) < 4.78 is 11.9. The lowest BCUT2D eigenvalue weighted by atomic mass is 9.97. The van der Waals surface area contributed by atoms with Gasteiger partial charge in [-0.05, 0) is 38.0 Å². The lowest BCUT2D eigenvalue weighted by molar-refractivity contribution is 0.0738. The first-order valence-corrected chi connectivity index (χ1v) is 10.4. The van der Waals surface area contributed by atoms with Gasteiger partial charge >= 0.3 is 0 Å². The standard InChI is InChI=1S/C17H30O3Si/c1-16(2,3)21(6,7)20-13-12-19-15-11-9-8-10-14(15)17(4,5)18/h8-11,18H,12-13H2,1-7H3. The molecule has 0 spiro atoms. The minimum absolute atomic E-state index is 0.206. The molecule has 3 nitrogen and oxygen atoms in total. The lowest BCUT2D eigenvalue weighted by Gasteiger charge is -2.36. The van der Waals surface area contributed by atoms with E-state index in [0.29, 0.717) is 13.2 Å². The molecule has 0 saturated carbocycles. The van der Waals surface area contributed by atoms with Crippen LogP contribution in [0.1, 0.15) is 40.2 Å². The summed E-state index contributed by atoms with van der Waals surface area (Å²) in [5.41, 5.74) is -0.103. The summed E-state index contributed by atoms with van der Waals surface area (Å²) in [5, 5.41) is 10.4. The third-order valence-electron chi connectivity index (χ3n) is 4.16. The van der Waals surface area contributed by atoms with E-state index in [-0.39, 0.29) is 5.04 Å². The number of hydrogen-bond donors (Lipinski definition) is 1. The van der Waals surface area contributed by atoms with Crippen molar-refractivity contribution in [2.45, 2.75) is 58.4 Å². The van der Waals surface area contributed by atoms with Crippen LogP contribution in [0.5, 0.6) is 5.75 Å². The van der Waals surface area contributed by atoms with Crippen molar-refractivity contribution in [2.24, 2.45) is 0 Å². The summed E-state index contributed by atoms with van der Waals surface area (Å²) >= 11 is 0. The largest absolute Gasteiger partial charge is 0.491 e. The van der Waals surface area contributed by atoms with Gasteiger partial charge in [0.1, 0.15) is 12.4 Å². The molecule has 0 atom stereocenters. The van der Waals surface area contributed by atoms with E-state index in [2.05, 4.69) is 33.9 Å². The summed E-state index contributed by atoms with van der Waals surface area (Å²) in [6.45, 7) is 15.8. The van der Waals surface area contributed by atoms with E-state index in [0.717, 1.165) is 11.3 Å². The van der Waals surface area contributed by atoms with Crippen molar-refractivity contribution >= 4 is 8.32 Å². The SMILES string of the molecule is CC(C)(O)c1ccccc1OCCO[Si](C)(C)C(C)(C)C. The average Bonchev–Trinajstić information content (AvgIpc) is 2.32. The van der Waals surface area contributed by atoms with E-state index in [9.17, 15) is 5.11 Å². The molecule has 1 aromatic carbocycles. The fourth-order valence-corrected chi connectivity index (χ4v) is 2.79. The smallest absolute Gasteiger partial charge is 0.192 e. The molecule has 4 heteroatoms. The van der Waals surface area contributed by atoms with Crippen LogP contribution in [-0.2, 0) is 10.0 Å². The zero-order chi connectivity index (χ0) is 16.3. The molecule has 21 heavy (non-hydrogen) atoms. The highest BCUT2D eigenvalue weighted by Crippen LogP contribution is 2.36. The zero-order valence-corrected chi connectivity index (χ0v) is 15.5. The van der Waals surface area contributed by atoms with Crippen LogP contribution in [0.15, 0.2) is 24.3 Å². The second-order valence-electron chi connectivity index (χ2n) is 7.51. The van der Waals surface area contributed by atoms with Crippen LogP contribution in [0.2, 0.25) is 18.1 Å². The molecule has 0 amide bonds. The van der Waals surface area contributed by atoms with Crippen LogP contribution in [0.3, 0.4) is 0 Å². The van der Waals surface area contributed by atoms with Gasteiger partial charge in [0.2, 0.25) is 0 Å². The Balaban J connectivity index is 2.59. The molecule has 1 rings (SSSR count). The predicted octanol–water partition coefficient (Wildman–Crippen LogP) is 4.31. The van der Waals surface area contributed by atoms with Crippen molar-refractivity contribution in [2.75, 3.05) is 13.2 Å². The van der Waals surface area contributed by atoms with Crippen LogP contribution < -0.4 is 4.74 Å². The molecule has 0 aliphatic carbocycles.